The van der Waals surface area contributed by atoms with E-state index in [1.165, 1.54) is 12.8 Å². The molecule has 1 amide bonds. The van der Waals surface area contributed by atoms with Gasteiger partial charge in [0.25, 0.3) is 5.91 Å². The van der Waals surface area contributed by atoms with E-state index < -0.39 is 0 Å². The van der Waals surface area contributed by atoms with Crippen molar-refractivity contribution in [3.8, 4) is 12.8 Å². The maximum atomic E-state index is 12.8. The number of amides is 1. The standard InChI is InChI=1S/C20H22N5OP.C3H9N.C2H2/c1-13-11-25-17(14(2)21-13)9-16(22-25)18-10-19(26)24-12-15(5-6-20(24)27-18)23-7-3-4-8-23;1-3-4-2;1-2/h5-6,9-12,20,27H,3-4,7-8H2,1-2H3;4H,3H2,1-2H3;1-2H. The molecule has 33 heavy (non-hydrogen) atoms. The summed E-state index contributed by atoms with van der Waals surface area (Å²) in [4.78, 5) is 21.6. The van der Waals surface area contributed by atoms with Crippen LogP contribution in [0.5, 0.6) is 0 Å². The van der Waals surface area contributed by atoms with Crippen LogP contribution in [0.4, 0.5) is 0 Å². The zero-order chi connectivity index (χ0) is 24.0. The number of carbonyl (C=O) groups excluding carboxylic acids is 1. The van der Waals surface area contributed by atoms with E-state index in [1.54, 1.807) is 6.08 Å². The first kappa shape index (κ1) is 24.7. The van der Waals surface area contributed by atoms with Crippen LogP contribution in [0.3, 0.4) is 0 Å². The summed E-state index contributed by atoms with van der Waals surface area (Å²) in [6, 6.07) is 2.04. The van der Waals surface area contributed by atoms with E-state index in [2.05, 4.69) is 47.1 Å². The Morgan fingerprint density at radius 2 is 1.94 bits per heavy atom. The molecule has 7 nitrogen and oxygen atoms in total. The topological polar surface area (TPSA) is 65.8 Å². The smallest absolute Gasteiger partial charge is 0.252 e. The van der Waals surface area contributed by atoms with Crippen molar-refractivity contribution in [2.45, 2.75) is 39.4 Å². The number of carbonyl (C=O) groups is 1. The Hall–Kier alpha value is -2.94. The molecule has 3 aliphatic heterocycles. The van der Waals surface area contributed by atoms with Crippen molar-refractivity contribution in [3.63, 3.8) is 0 Å². The monoisotopic (exact) mass is 464 g/mol. The summed E-state index contributed by atoms with van der Waals surface area (Å²) in [7, 11) is 2.42. The molecule has 0 spiro atoms. The lowest BCUT2D eigenvalue weighted by Crippen LogP contribution is -2.37. The molecule has 5 heterocycles. The Bertz CT molecular complexity index is 1100. The van der Waals surface area contributed by atoms with E-state index in [0.29, 0.717) is 8.58 Å². The Labute approximate surface area is 198 Å². The molecule has 5 rings (SSSR count). The Balaban J connectivity index is 0.000000464. The first-order valence-corrected chi connectivity index (χ1v) is 12.4. The van der Waals surface area contributed by atoms with Crippen LogP contribution in [0.15, 0.2) is 42.4 Å². The van der Waals surface area contributed by atoms with Crippen LogP contribution in [0.2, 0.25) is 0 Å². The van der Waals surface area contributed by atoms with Crippen molar-refractivity contribution >= 4 is 25.3 Å². The van der Waals surface area contributed by atoms with Gasteiger partial charge in [0.15, 0.2) is 0 Å². The molecule has 0 bridgehead atoms. The highest BCUT2D eigenvalue weighted by molar-refractivity contribution is 7.51. The molecule has 1 saturated heterocycles. The molecule has 0 saturated carbocycles. The van der Waals surface area contributed by atoms with Gasteiger partial charge in [-0.05, 0) is 52.4 Å². The van der Waals surface area contributed by atoms with Crippen LogP contribution in [0.1, 0.15) is 36.8 Å². The molecule has 2 atom stereocenters. The van der Waals surface area contributed by atoms with Gasteiger partial charge in [0.05, 0.1) is 40.3 Å². The summed E-state index contributed by atoms with van der Waals surface area (Å²) in [5.74, 6) is 0.132. The van der Waals surface area contributed by atoms with Gasteiger partial charge in [0.2, 0.25) is 0 Å². The van der Waals surface area contributed by atoms with Crippen molar-refractivity contribution in [2.24, 2.45) is 0 Å². The highest BCUT2D eigenvalue weighted by Gasteiger charge is 2.30. The molecule has 0 aliphatic carbocycles. The molecule has 2 aromatic heterocycles. The van der Waals surface area contributed by atoms with E-state index in [9.17, 15) is 4.79 Å². The molecular weight excluding hydrogens is 431 g/mol. The largest absolute Gasteiger partial charge is 0.370 e. The number of hydrogen-bond donors (Lipinski definition) is 1. The minimum absolute atomic E-state index is 0.0397. The average molecular weight is 465 g/mol. The lowest BCUT2D eigenvalue weighted by molar-refractivity contribution is -0.123. The Morgan fingerprint density at radius 1 is 1.24 bits per heavy atom. The van der Waals surface area contributed by atoms with Crippen molar-refractivity contribution in [3.05, 3.63) is 59.5 Å². The second kappa shape index (κ2) is 11.3. The number of likely N-dealkylation sites (tertiary alicyclic amines) is 1. The number of terminal acetylenes is 1. The summed E-state index contributed by atoms with van der Waals surface area (Å²) in [6.07, 6.45) is 20.5. The minimum Gasteiger partial charge on any atom is -0.370 e. The molecule has 8 heteroatoms. The number of nitrogens with one attached hydrogen (secondary N) is 1. The summed E-state index contributed by atoms with van der Waals surface area (Å²) >= 11 is 0. The van der Waals surface area contributed by atoms with Gasteiger partial charge >= 0.3 is 0 Å². The lowest BCUT2D eigenvalue weighted by atomic mass is 10.2. The number of nitrogens with zero attached hydrogens (tertiary/aromatic N) is 5. The summed E-state index contributed by atoms with van der Waals surface area (Å²) in [5.41, 5.74) is 4.92. The average Bonchev–Trinajstić information content (AvgIpc) is 3.51. The van der Waals surface area contributed by atoms with Gasteiger partial charge in [-0.3, -0.25) is 9.78 Å². The van der Waals surface area contributed by atoms with Gasteiger partial charge in [-0.1, -0.05) is 21.6 Å². The quantitative estimate of drug-likeness (QED) is 0.556. The van der Waals surface area contributed by atoms with Crippen molar-refractivity contribution in [2.75, 3.05) is 26.7 Å². The first-order chi connectivity index (χ1) is 16.0. The maximum Gasteiger partial charge on any atom is 0.252 e. The van der Waals surface area contributed by atoms with Crippen molar-refractivity contribution in [1.29, 1.82) is 0 Å². The van der Waals surface area contributed by atoms with Crippen LogP contribution >= 0.6 is 8.58 Å². The van der Waals surface area contributed by atoms with Crippen molar-refractivity contribution < 1.29 is 4.79 Å². The third-order valence-corrected chi connectivity index (χ3v) is 7.18. The number of aromatic nitrogens is 3. The summed E-state index contributed by atoms with van der Waals surface area (Å²) in [5, 5.41) is 8.65. The van der Waals surface area contributed by atoms with Gasteiger partial charge in [-0.15, -0.1) is 12.8 Å². The molecule has 0 radical (unpaired) electrons. The third-order valence-electron chi connectivity index (χ3n) is 5.71. The molecule has 1 fully saturated rings. The fourth-order valence-electron chi connectivity index (χ4n) is 4.00. The Kier molecular flexibility index (Phi) is 8.43. The molecule has 174 valence electrons. The fraction of sp³-hybridized carbons (Fsp3) is 0.400. The minimum atomic E-state index is 0.0397. The van der Waals surface area contributed by atoms with Gasteiger partial charge in [-0.25, -0.2) is 4.52 Å². The van der Waals surface area contributed by atoms with E-state index in [0.717, 1.165) is 53.2 Å². The van der Waals surface area contributed by atoms with Crippen LogP contribution in [-0.2, 0) is 4.79 Å². The third kappa shape index (κ3) is 5.52. The number of allylic oxidation sites excluding steroid dienone is 1. The van der Waals surface area contributed by atoms with Crippen LogP contribution in [0, 0.1) is 26.7 Å². The van der Waals surface area contributed by atoms with Crippen LogP contribution in [-0.4, -0.2) is 62.8 Å². The number of aryl methyl sites for hydroxylation is 2. The molecule has 1 N–H and O–H groups in total. The second-order valence-corrected chi connectivity index (χ2v) is 9.45. The second-order valence-electron chi connectivity index (χ2n) is 8.03. The summed E-state index contributed by atoms with van der Waals surface area (Å²) < 4.78 is 1.87. The number of fused-ring (bicyclic) bond motifs is 2. The highest BCUT2D eigenvalue weighted by Crippen LogP contribution is 2.44. The fourth-order valence-corrected chi connectivity index (χ4v) is 5.33. The van der Waals surface area contributed by atoms with Gasteiger partial charge < -0.3 is 15.1 Å². The van der Waals surface area contributed by atoms with Gasteiger partial charge in [0, 0.05) is 30.7 Å². The predicted molar refractivity (Wildman–Crippen MR) is 137 cm³/mol. The van der Waals surface area contributed by atoms with Gasteiger partial charge in [0.1, 0.15) is 0 Å². The zero-order valence-corrected chi connectivity index (χ0v) is 20.9. The van der Waals surface area contributed by atoms with E-state index in [1.807, 2.05) is 48.8 Å². The normalized spacial score (nSPS) is 19.9. The number of rotatable bonds is 3. The number of hydrogen-bond acceptors (Lipinski definition) is 5. The zero-order valence-electron chi connectivity index (χ0n) is 19.9. The van der Waals surface area contributed by atoms with Crippen molar-refractivity contribution in [1.82, 2.24) is 29.7 Å². The highest BCUT2D eigenvalue weighted by atomic mass is 31.1. The van der Waals surface area contributed by atoms with Crippen LogP contribution in [0.25, 0.3) is 10.8 Å². The summed E-state index contributed by atoms with van der Waals surface area (Å²) in [6.45, 7) is 9.27. The van der Waals surface area contributed by atoms with E-state index >= 15 is 0 Å². The van der Waals surface area contributed by atoms with E-state index in [4.69, 9.17) is 5.10 Å². The molecule has 0 aromatic carbocycles. The lowest BCUT2D eigenvalue weighted by Gasteiger charge is -2.35. The predicted octanol–water partition coefficient (Wildman–Crippen LogP) is 3.52. The van der Waals surface area contributed by atoms with Crippen LogP contribution < -0.4 is 5.32 Å². The first-order valence-electron chi connectivity index (χ1n) is 11.3. The SMILES string of the molecule is C#C.CCNC.Cc1cn2nc(C3=CC(=O)N4C=C(N5CCCC5)C=CC4P3)cc2c(C)n1. The molecule has 3 aliphatic rings. The maximum absolute atomic E-state index is 12.8. The molecular formula is C25H33N6OP. The van der Waals surface area contributed by atoms with E-state index in [-0.39, 0.29) is 11.7 Å². The van der Waals surface area contributed by atoms with Gasteiger partial charge in [-0.2, -0.15) is 5.10 Å². The Morgan fingerprint density at radius 3 is 2.61 bits per heavy atom. The molecule has 2 aromatic rings. The molecule has 2 unspecified atom stereocenters.